The van der Waals surface area contributed by atoms with Crippen molar-refractivity contribution in [2.45, 2.75) is 39.8 Å². The zero-order valence-corrected chi connectivity index (χ0v) is 20.6. The summed E-state index contributed by atoms with van der Waals surface area (Å²) in [6.07, 6.45) is 1.42. The van der Waals surface area contributed by atoms with Crippen LogP contribution in [0.25, 0.3) is 0 Å². The molecule has 0 bridgehead atoms. The number of rotatable bonds is 9. The molecular weight excluding hydrogens is 450 g/mol. The van der Waals surface area contributed by atoms with E-state index in [1.54, 1.807) is 19.1 Å². The minimum atomic E-state index is -3.79. The Morgan fingerprint density at radius 3 is 2.22 bits per heavy atom. The molecular formula is C23H30ClN3O4S. The third-order valence-corrected chi connectivity index (χ3v) is 6.78. The van der Waals surface area contributed by atoms with E-state index in [1.165, 1.54) is 18.0 Å². The lowest BCUT2D eigenvalue weighted by molar-refractivity contribution is -0.140. The number of nitrogens with zero attached hydrogens (tertiary/aromatic N) is 2. The molecule has 0 aliphatic carbocycles. The SMILES string of the molecule is CC[C@H](C(=O)NC)N(Cc1ccc(C)cc1)C(=O)CN(c1ccc(C)c(Cl)c1)S(C)(=O)=O. The Kier molecular flexibility index (Phi) is 8.69. The van der Waals surface area contributed by atoms with Crippen LogP contribution in [0.5, 0.6) is 0 Å². The van der Waals surface area contributed by atoms with Crippen LogP contribution in [0.15, 0.2) is 42.5 Å². The third-order valence-electron chi connectivity index (χ3n) is 5.23. The highest BCUT2D eigenvalue weighted by molar-refractivity contribution is 7.92. The quantitative estimate of drug-likeness (QED) is 0.598. The van der Waals surface area contributed by atoms with Crippen LogP contribution >= 0.6 is 11.6 Å². The molecule has 2 aromatic carbocycles. The summed E-state index contributed by atoms with van der Waals surface area (Å²) in [4.78, 5) is 27.4. The number of halogens is 1. The number of hydrogen-bond donors (Lipinski definition) is 1. The van der Waals surface area contributed by atoms with Crippen LogP contribution in [0.2, 0.25) is 5.02 Å². The van der Waals surface area contributed by atoms with Crippen molar-refractivity contribution in [3.05, 3.63) is 64.2 Å². The van der Waals surface area contributed by atoms with Crippen LogP contribution in [0.4, 0.5) is 5.69 Å². The van der Waals surface area contributed by atoms with E-state index in [0.717, 1.165) is 27.3 Å². The van der Waals surface area contributed by atoms with Crippen molar-refractivity contribution in [1.82, 2.24) is 10.2 Å². The first kappa shape index (κ1) is 25.7. The number of sulfonamides is 1. The normalized spacial score (nSPS) is 12.2. The summed E-state index contributed by atoms with van der Waals surface area (Å²) in [6.45, 7) is 5.31. The Hall–Kier alpha value is -2.58. The van der Waals surface area contributed by atoms with Crippen molar-refractivity contribution in [1.29, 1.82) is 0 Å². The monoisotopic (exact) mass is 479 g/mol. The first-order chi connectivity index (χ1) is 15.0. The lowest BCUT2D eigenvalue weighted by Crippen LogP contribution is -2.51. The second-order valence-corrected chi connectivity index (χ2v) is 10.1. The first-order valence-electron chi connectivity index (χ1n) is 10.3. The van der Waals surface area contributed by atoms with E-state index in [0.29, 0.717) is 17.1 Å². The van der Waals surface area contributed by atoms with Gasteiger partial charge in [-0.3, -0.25) is 13.9 Å². The van der Waals surface area contributed by atoms with Crippen LogP contribution in [0.3, 0.4) is 0 Å². The molecule has 0 fully saturated rings. The Morgan fingerprint density at radius 1 is 1.09 bits per heavy atom. The van der Waals surface area contributed by atoms with Gasteiger partial charge in [-0.15, -0.1) is 0 Å². The molecule has 32 heavy (non-hydrogen) atoms. The van der Waals surface area contributed by atoms with Gasteiger partial charge >= 0.3 is 0 Å². The van der Waals surface area contributed by atoms with Gasteiger partial charge in [-0.25, -0.2) is 8.42 Å². The minimum Gasteiger partial charge on any atom is -0.357 e. The molecule has 1 atom stereocenters. The van der Waals surface area contributed by atoms with E-state index in [9.17, 15) is 18.0 Å². The van der Waals surface area contributed by atoms with Crippen molar-refractivity contribution in [3.63, 3.8) is 0 Å². The number of benzene rings is 2. The summed E-state index contributed by atoms with van der Waals surface area (Å²) < 4.78 is 26.1. The van der Waals surface area contributed by atoms with Crippen molar-refractivity contribution >= 4 is 39.1 Å². The van der Waals surface area contributed by atoms with Gasteiger partial charge in [-0.05, 0) is 43.5 Å². The summed E-state index contributed by atoms with van der Waals surface area (Å²) in [5.74, 6) is -0.791. The number of aryl methyl sites for hydroxylation is 2. The zero-order chi connectivity index (χ0) is 24.1. The lowest BCUT2D eigenvalue weighted by Gasteiger charge is -2.32. The summed E-state index contributed by atoms with van der Waals surface area (Å²) in [5.41, 5.74) is 3.00. The largest absolute Gasteiger partial charge is 0.357 e. The molecule has 0 saturated carbocycles. The van der Waals surface area contributed by atoms with Crippen molar-refractivity contribution in [3.8, 4) is 0 Å². The number of carbonyl (C=O) groups excluding carboxylic acids is 2. The molecule has 7 nitrogen and oxygen atoms in total. The molecule has 0 heterocycles. The molecule has 9 heteroatoms. The Bertz CT molecular complexity index is 1070. The van der Waals surface area contributed by atoms with Gasteiger partial charge in [0.2, 0.25) is 21.8 Å². The number of likely N-dealkylation sites (N-methyl/N-ethyl adjacent to an activating group) is 1. The van der Waals surface area contributed by atoms with Crippen LogP contribution in [0.1, 0.15) is 30.0 Å². The molecule has 0 spiro atoms. The number of hydrogen-bond acceptors (Lipinski definition) is 4. The zero-order valence-electron chi connectivity index (χ0n) is 19.1. The lowest BCUT2D eigenvalue weighted by atomic mass is 10.1. The summed E-state index contributed by atoms with van der Waals surface area (Å²) in [5, 5.41) is 2.99. The van der Waals surface area contributed by atoms with E-state index in [2.05, 4.69) is 5.32 Å². The minimum absolute atomic E-state index is 0.178. The third kappa shape index (κ3) is 6.46. The van der Waals surface area contributed by atoms with Crippen LogP contribution < -0.4 is 9.62 Å². The van der Waals surface area contributed by atoms with E-state index >= 15 is 0 Å². The molecule has 2 aromatic rings. The Labute approximate surface area is 195 Å². The molecule has 0 aromatic heterocycles. The predicted molar refractivity (Wildman–Crippen MR) is 128 cm³/mol. The van der Waals surface area contributed by atoms with Gasteiger partial charge in [-0.2, -0.15) is 0 Å². The number of nitrogens with one attached hydrogen (secondary N) is 1. The fourth-order valence-electron chi connectivity index (χ4n) is 3.33. The number of amides is 2. The smallest absolute Gasteiger partial charge is 0.244 e. The fraction of sp³-hybridized carbons (Fsp3) is 0.391. The molecule has 0 saturated heterocycles. The topological polar surface area (TPSA) is 86.8 Å². The standard InChI is InChI=1S/C23H30ClN3O4S/c1-6-21(23(29)25-4)26(14-18-10-7-16(2)8-11-18)22(28)15-27(32(5,30)31)19-12-9-17(3)20(24)13-19/h7-13,21H,6,14-15H2,1-5H3,(H,25,29)/t21-/m1/s1. The van der Waals surface area contributed by atoms with E-state index in [1.807, 2.05) is 38.1 Å². The van der Waals surface area contributed by atoms with E-state index in [-0.39, 0.29) is 12.5 Å². The van der Waals surface area contributed by atoms with Gasteiger partial charge in [-0.1, -0.05) is 54.4 Å². The van der Waals surface area contributed by atoms with Crippen LogP contribution in [-0.4, -0.2) is 51.0 Å². The van der Waals surface area contributed by atoms with Gasteiger partial charge in [0.15, 0.2) is 0 Å². The fourth-order valence-corrected chi connectivity index (χ4v) is 4.34. The maximum absolute atomic E-state index is 13.4. The molecule has 0 radical (unpaired) electrons. The predicted octanol–water partition coefficient (Wildman–Crippen LogP) is 3.28. The highest BCUT2D eigenvalue weighted by atomic mass is 35.5. The summed E-state index contributed by atoms with van der Waals surface area (Å²) in [6, 6.07) is 11.7. The maximum atomic E-state index is 13.4. The summed E-state index contributed by atoms with van der Waals surface area (Å²) >= 11 is 6.19. The second kappa shape index (κ2) is 10.8. The molecule has 2 rings (SSSR count). The van der Waals surface area contributed by atoms with Gasteiger partial charge in [0.25, 0.3) is 0 Å². The molecule has 0 aliphatic rings. The van der Waals surface area contributed by atoms with Crippen LogP contribution in [0, 0.1) is 13.8 Å². The average molecular weight is 480 g/mol. The molecule has 0 aliphatic heterocycles. The van der Waals surface area contributed by atoms with Crippen LogP contribution in [-0.2, 0) is 26.2 Å². The van der Waals surface area contributed by atoms with Gasteiger partial charge in [0.1, 0.15) is 12.6 Å². The first-order valence-corrected chi connectivity index (χ1v) is 12.5. The van der Waals surface area contributed by atoms with Crippen molar-refractivity contribution < 1.29 is 18.0 Å². The molecule has 2 amide bonds. The highest BCUT2D eigenvalue weighted by Crippen LogP contribution is 2.25. The van der Waals surface area contributed by atoms with E-state index in [4.69, 9.17) is 11.6 Å². The molecule has 1 N–H and O–H groups in total. The van der Waals surface area contributed by atoms with Gasteiger partial charge in [0.05, 0.1) is 11.9 Å². The van der Waals surface area contributed by atoms with Crippen molar-refractivity contribution in [2.75, 3.05) is 24.2 Å². The highest BCUT2D eigenvalue weighted by Gasteiger charge is 2.31. The van der Waals surface area contributed by atoms with Crippen molar-refractivity contribution in [2.24, 2.45) is 0 Å². The molecule has 0 unspecified atom stereocenters. The molecule has 174 valence electrons. The van der Waals surface area contributed by atoms with Gasteiger partial charge < -0.3 is 10.2 Å². The second-order valence-electron chi connectivity index (χ2n) is 7.75. The number of anilines is 1. The maximum Gasteiger partial charge on any atom is 0.244 e. The average Bonchev–Trinajstić information content (AvgIpc) is 2.74. The van der Waals surface area contributed by atoms with Gasteiger partial charge in [0, 0.05) is 18.6 Å². The number of carbonyl (C=O) groups is 2. The summed E-state index contributed by atoms with van der Waals surface area (Å²) in [7, 11) is -2.28. The Balaban J connectivity index is 2.43. The van der Waals surface area contributed by atoms with E-state index < -0.39 is 28.5 Å². The Morgan fingerprint density at radius 2 is 1.72 bits per heavy atom.